The van der Waals surface area contributed by atoms with Crippen LogP contribution in [-0.4, -0.2) is 49.9 Å². The highest BCUT2D eigenvalue weighted by Gasteiger charge is 2.22. The van der Waals surface area contributed by atoms with Crippen molar-refractivity contribution in [1.82, 2.24) is 25.1 Å². The third kappa shape index (κ3) is 3.61. The summed E-state index contributed by atoms with van der Waals surface area (Å²) in [4.78, 5) is 14.4. The van der Waals surface area contributed by atoms with Crippen LogP contribution in [0.4, 0.5) is 0 Å². The van der Waals surface area contributed by atoms with E-state index in [1.54, 1.807) is 4.68 Å². The Kier molecular flexibility index (Phi) is 5.18. The number of hydrogen-bond acceptors (Lipinski definition) is 5. The maximum Gasteiger partial charge on any atom is 0.233 e. The molecule has 1 aliphatic rings. The molecule has 1 fully saturated rings. The molecule has 0 radical (unpaired) electrons. The molecule has 3 rings (SSSR count). The number of nitrogens with zero attached hydrogens (tertiary/aromatic N) is 5. The summed E-state index contributed by atoms with van der Waals surface area (Å²) in [6, 6.07) is 6.06. The number of likely N-dealkylation sites (tertiary alicyclic amines) is 1. The Hall–Kier alpha value is -1.89. The highest BCUT2D eigenvalue weighted by Crippen LogP contribution is 2.23. The van der Waals surface area contributed by atoms with Gasteiger partial charge in [-0.2, -0.15) is 4.68 Å². The summed E-state index contributed by atoms with van der Waals surface area (Å²) in [5, 5.41) is 12.6. The Morgan fingerprint density at radius 1 is 1.38 bits per heavy atom. The second-order valence-corrected chi connectivity index (χ2v) is 7.41. The summed E-state index contributed by atoms with van der Waals surface area (Å²) in [7, 11) is 0. The van der Waals surface area contributed by atoms with Gasteiger partial charge in [0.2, 0.25) is 11.1 Å². The van der Waals surface area contributed by atoms with Gasteiger partial charge in [-0.1, -0.05) is 30.8 Å². The van der Waals surface area contributed by atoms with Crippen LogP contribution in [0.1, 0.15) is 30.9 Å². The molecule has 1 saturated heterocycles. The first-order valence-electron chi connectivity index (χ1n) is 8.32. The molecule has 0 bridgehead atoms. The van der Waals surface area contributed by atoms with E-state index in [4.69, 9.17) is 0 Å². The summed E-state index contributed by atoms with van der Waals surface area (Å²) in [6.45, 7) is 8.05. The normalized spacial score (nSPS) is 18.0. The number of carbonyl (C=O) groups excluding carboxylic acids is 1. The van der Waals surface area contributed by atoms with Gasteiger partial charge in [-0.25, -0.2) is 0 Å². The van der Waals surface area contributed by atoms with Crippen molar-refractivity contribution < 1.29 is 4.79 Å². The van der Waals surface area contributed by atoms with Gasteiger partial charge in [0.25, 0.3) is 0 Å². The van der Waals surface area contributed by atoms with E-state index in [2.05, 4.69) is 42.4 Å². The molecule has 0 aliphatic carbocycles. The van der Waals surface area contributed by atoms with Gasteiger partial charge in [0.05, 0.1) is 11.4 Å². The lowest BCUT2D eigenvalue weighted by atomic mass is 10.0. The van der Waals surface area contributed by atoms with Crippen molar-refractivity contribution >= 4 is 17.7 Å². The minimum atomic E-state index is 0.169. The number of carbonyl (C=O) groups is 1. The molecule has 1 aromatic heterocycles. The number of rotatable bonds is 4. The van der Waals surface area contributed by atoms with Crippen molar-refractivity contribution in [3.05, 3.63) is 29.3 Å². The zero-order valence-electron chi connectivity index (χ0n) is 14.4. The highest BCUT2D eigenvalue weighted by molar-refractivity contribution is 7.99. The molecular formula is C17H23N5OS. The van der Waals surface area contributed by atoms with E-state index in [-0.39, 0.29) is 5.91 Å². The first-order chi connectivity index (χ1) is 11.6. The van der Waals surface area contributed by atoms with E-state index in [1.807, 2.05) is 17.0 Å². The van der Waals surface area contributed by atoms with Crippen molar-refractivity contribution in [3.8, 4) is 5.69 Å². The molecule has 1 aromatic carbocycles. The molecule has 2 heterocycles. The highest BCUT2D eigenvalue weighted by atomic mass is 32.2. The van der Waals surface area contributed by atoms with Crippen LogP contribution in [0.15, 0.2) is 23.4 Å². The number of thioether (sulfide) groups is 1. The fraction of sp³-hybridized carbons (Fsp3) is 0.529. The van der Waals surface area contributed by atoms with Gasteiger partial charge in [-0.15, -0.1) is 5.10 Å². The van der Waals surface area contributed by atoms with E-state index in [0.717, 1.165) is 30.8 Å². The second-order valence-electron chi connectivity index (χ2n) is 6.47. The van der Waals surface area contributed by atoms with Gasteiger partial charge in [0.15, 0.2) is 0 Å². The van der Waals surface area contributed by atoms with Gasteiger partial charge in [-0.05, 0) is 60.2 Å². The molecule has 0 spiro atoms. The molecule has 0 N–H and O–H groups in total. The molecule has 0 saturated carbocycles. The number of aryl methyl sites for hydroxylation is 1. The lowest BCUT2D eigenvalue weighted by molar-refractivity contribution is -0.130. The predicted octanol–water partition coefficient (Wildman–Crippen LogP) is 2.63. The third-order valence-electron chi connectivity index (χ3n) is 4.58. The Balaban J connectivity index is 1.70. The zero-order valence-corrected chi connectivity index (χ0v) is 15.2. The molecule has 1 aliphatic heterocycles. The van der Waals surface area contributed by atoms with Crippen LogP contribution < -0.4 is 0 Å². The topological polar surface area (TPSA) is 63.9 Å². The van der Waals surface area contributed by atoms with E-state index in [1.165, 1.54) is 23.7 Å². The van der Waals surface area contributed by atoms with Crippen LogP contribution in [0, 0.1) is 19.8 Å². The number of benzene rings is 1. The van der Waals surface area contributed by atoms with Crippen LogP contribution in [0.3, 0.4) is 0 Å². The molecule has 0 unspecified atom stereocenters. The lowest BCUT2D eigenvalue weighted by Gasteiger charge is -2.30. The number of hydrogen-bond donors (Lipinski definition) is 0. The van der Waals surface area contributed by atoms with Gasteiger partial charge >= 0.3 is 0 Å². The van der Waals surface area contributed by atoms with Crippen LogP contribution in [0.5, 0.6) is 0 Å². The molecule has 6 nitrogen and oxygen atoms in total. The van der Waals surface area contributed by atoms with E-state index in [9.17, 15) is 4.79 Å². The largest absolute Gasteiger partial charge is 0.342 e. The van der Waals surface area contributed by atoms with Gasteiger partial charge in [-0.3, -0.25) is 4.79 Å². The van der Waals surface area contributed by atoms with E-state index < -0.39 is 0 Å². The standard InChI is InChI=1S/C17H23N5OS/c1-12-6-5-9-21(10-12)16(23)11-24-17-18-19-20-22(17)15-8-4-7-13(2)14(15)3/h4,7-8,12H,5-6,9-11H2,1-3H3/t12-/m1/s1. The van der Waals surface area contributed by atoms with Crippen LogP contribution in [0.25, 0.3) is 5.69 Å². The van der Waals surface area contributed by atoms with Crippen molar-refractivity contribution in [2.45, 2.75) is 38.8 Å². The average molecular weight is 345 g/mol. The molecule has 2 aromatic rings. The summed E-state index contributed by atoms with van der Waals surface area (Å²) in [5.41, 5.74) is 3.29. The summed E-state index contributed by atoms with van der Waals surface area (Å²) >= 11 is 1.40. The van der Waals surface area contributed by atoms with Crippen molar-refractivity contribution in [1.29, 1.82) is 0 Å². The number of piperidine rings is 1. The third-order valence-corrected chi connectivity index (χ3v) is 5.48. The molecule has 1 atom stereocenters. The Morgan fingerprint density at radius 2 is 2.21 bits per heavy atom. The molecule has 128 valence electrons. The predicted molar refractivity (Wildman–Crippen MR) is 94.3 cm³/mol. The summed E-state index contributed by atoms with van der Waals surface area (Å²) in [5.74, 6) is 1.13. The number of amides is 1. The minimum Gasteiger partial charge on any atom is -0.342 e. The van der Waals surface area contributed by atoms with Crippen LogP contribution in [-0.2, 0) is 4.79 Å². The van der Waals surface area contributed by atoms with E-state index in [0.29, 0.717) is 16.8 Å². The smallest absolute Gasteiger partial charge is 0.233 e. The van der Waals surface area contributed by atoms with Crippen molar-refractivity contribution in [3.63, 3.8) is 0 Å². The molecule has 1 amide bonds. The zero-order chi connectivity index (χ0) is 17.1. The number of tetrazole rings is 1. The maximum atomic E-state index is 12.4. The first-order valence-corrected chi connectivity index (χ1v) is 9.30. The monoisotopic (exact) mass is 345 g/mol. The fourth-order valence-electron chi connectivity index (χ4n) is 3.02. The average Bonchev–Trinajstić information content (AvgIpc) is 3.03. The lowest BCUT2D eigenvalue weighted by Crippen LogP contribution is -2.40. The maximum absolute atomic E-state index is 12.4. The molecule has 7 heteroatoms. The van der Waals surface area contributed by atoms with Gasteiger partial charge in [0, 0.05) is 13.1 Å². The Morgan fingerprint density at radius 3 is 3.00 bits per heavy atom. The summed E-state index contributed by atoms with van der Waals surface area (Å²) < 4.78 is 1.72. The van der Waals surface area contributed by atoms with Gasteiger partial charge < -0.3 is 4.90 Å². The fourth-order valence-corrected chi connectivity index (χ4v) is 3.81. The first kappa shape index (κ1) is 17.0. The minimum absolute atomic E-state index is 0.169. The second kappa shape index (κ2) is 7.34. The quantitative estimate of drug-likeness (QED) is 0.797. The summed E-state index contributed by atoms with van der Waals surface area (Å²) in [6.07, 6.45) is 2.31. The Bertz CT molecular complexity index is 730. The Labute approximate surface area is 146 Å². The number of aromatic nitrogens is 4. The van der Waals surface area contributed by atoms with Crippen LogP contribution in [0.2, 0.25) is 0 Å². The van der Waals surface area contributed by atoms with Crippen LogP contribution >= 0.6 is 11.8 Å². The van der Waals surface area contributed by atoms with Crippen molar-refractivity contribution in [2.75, 3.05) is 18.8 Å². The molecule has 24 heavy (non-hydrogen) atoms. The van der Waals surface area contributed by atoms with Crippen molar-refractivity contribution in [2.24, 2.45) is 5.92 Å². The SMILES string of the molecule is Cc1cccc(-n2nnnc2SCC(=O)N2CCC[C@@H](C)C2)c1C. The van der Waals surface area contributed by atoms with Gasteiger partial charge in [0.1, 0.15) is 0 Å². The molecular weight excluding hydrogens is 322 g/mol. The van der Waals surface area contributed by atoms with E-state index >= 15 is 0 Å².